The number of aromatic nitrogens is 1. The van der Waals surface area contributed by atoms with E-state index in [4.69, 9.17) is 21.2 Å². The Bertz CT molecular complexity index is 929. The minimum Gasteiger partial charge on any atom is -0.482 e. The molecule has 0 aliphatic heterocycles. The smallest absolute Gasteiger partial charge is 0.422 e. The molecule has 10 heteroatoms. The molecule has 0 atom stereocenters. The van der Waals surface area contributed by atoms with Crippen LogP contribution in [0.15, 0.2) is 41.7 Å². The summed E-state index contributed by atoms with van der Waals surface area (Å²) in [6.07, 6.45) is -1.42. The highest BCUT2D eigenvalue weighted by atomic mass is 35.5. The number of alkyl halides is 3. The van der Waals surface area contributed by atoms with Gasteiger partial charge in [0.2, 0.25) is 0 Å². The van der Waals surface area contributed by atoms with Crippen LogP contribution in [0.1, 0.15) is 23.3 Å². The highest BCUT2D eigenvalue weighted by Gasteiger charge is 2.30. The van der Waals surface area contributed by atoms with E-state index in [0.29, 0.717) is 22.1 Å². The van der Waals surface area contributed by atoms with Crippen LogP contribution in [0.4, 0.5) is 13.2 Å². The Morgan fingerprint density at radius 2 is 2.00 bits per heavy atom. The molecule has 0 saturated heterocycles. The standard InChI is InChI=1S/C20H19ClF3N3O3/c1-29-27-17(13-2-3-13)9-26-19(28)16-8-15(12-4-6-14(21)7-5-12)18(10-25-16)30-11-20(22,23)24/h4-8,10,13H,2-3,9,11H2,1H3,(H,26,28)/b27-17-. The van der Waals surface area contributed by atoms with E-state index in [-0.39, 0.29) is 18.0 Å². The first-order valence-electron chi connectivity index (χ1n) is 9.10. The summed E-state index contributed by atoms with van der Waals surface area (Å²) in [6, 6.07) is 7.81. The van der Waals surface area contributed by atoms with Crippen molar-refractivity contribution in [2.45, 2.75) is 19.0 Å². The van der Waals surface area contributed by atoms with E-state index in [0.717, 1.165) is 24.8 Å². The number of carbonyl (C=O) groups excluding carboxylic acids is 1. The van der Waals surface area contributed by atoms with Crippen molar-refractivity contribution in [1.82, 2.24) is 10.3 Å². The molecule has 30 heavy (non-hydrogen) atoms. The first kappa shape index (κ1) is 21.9. The predicted molar refractivity (Wildman–Crippen MR) is 106 cm³/mol. The summed E-state index contributed by atoms with van der Waals surface area (Å²) in [7, 11) is 1.43. The first-order chi connectivity index (χ1) is 14.3. The second kappa shape index (κ2) is 9.34. The van der Waals surface area contributed by atoms with E-state index in [1.54, 1.807) is 24.3 Å². The highest BCUT2D eigenvalue weighted by molar-refractivity contribution is 6.30. The Hall–Kier alpha value is -2.81. The summed E-state index contributed by atoms with van der Waals surface area (Å²) in [5, 5.41) is 7.11. The minimum absolute atomic E-state index is 0.0341. The molecule has 1 aliphatic rings. The molecular weight excluding hydrogens is 423 g/mol. The molecule has 0 spiro atoms. The maximum Gasteiger partial charge on any atom is 0.422 e. The summed E-state index contributed by atoms with van der Waals surface area (Å²) in [4.78, 5) is 21.3. The zero-order valence-electron chi connectivity index (χ0n) is 16.0. The fourth-order valence-electron chi connectivity index (χ4n) is 2.74. The molecule has 1 aromatic heterocycles. The molecular formula is C20H19ClF3N3O3. The number of hydrogen-bond acceptors (Lipinski definition) is 5. The zero-order chi connectivity index (χ0) is 21.7. The topological polar surface area (TPSA) is 72.8 Å². The summed E-state index contributed by atoms with van der Waals surface area (Å²) < 4.78 is 42.7. The largest absolute Gasteiger partial charge is 0.482 e. The van der Waals surface area contributed by atoms with Crippen molar-refractivity contribution in [2.24, 2.45) is 11.1 Å². The van der Waals surface area contributed by atoms with Gasteiger partial charge >= 0.3 is 6.18 Å². The minimum atomic E-state index is -4.51. The van der Waals surface area contributed by atoms with E-state index in [9.17, 15) is 18.0 Å². The maximum atomic E-state index is 12.6. The molecule has 1 fully saturated rings. The van der Waals surface area contributed by atoms with E-state index in [1.807, 2.05) is 0 Å². The Kier molecular flexibility index (Phi) is 6.81. The maximum absolute atomic E-state index is 12.6. The van der Waals surface area contributed by atoms with E-state index >= 15 is 0 Å². The van der Waals surface area contributed by atoms with Crippen LogP contribution in [0.3, 0.4) is 0 Å². The lowest BCUT2D eigenvalue weighted by Gasteiger charge is -2.14. The monoisotopic (exact) mass is 441 g/mol. The second-order valence-corrected chi connectivity index (χ2v) is 7.14. The average Bonchev–Trinajstić information content (AvgIpc) is 3.54. The van der Waals surface area contributed by atoms with Gasteiger partial charge < -0.3 is 14.9 Å². The van der Waals surface area contributed by atoms with Crippen molar-refractivity contribution in [3.8, 4) is 16.9 Å². The number of rotatable bonds is 8. The third-order valence-electron chi connectivity index (χ3n) is 4.33. The van der Waals surface area contributed by atoms with E-state index < -0.39 is 18.7 Å². The van der Waals surface area contributed by atoms with Crippen molar-refractivity contribution >= 4 is 23.2 Å². The molecule has 3 rings (SSSR count). The van der Waals surface area contributed by atoms with Crippen LogP contribution in [-0.4, -0.2) is 43.0 Å². The van der Waals surface area contributed by atoms with Crippen LogP contribution in [0, 0.1) is 5.92 Å². The second-order valence-electron chi connectivity index (χ2n) is 6.70. The van der Waals surface area contributed by atoms with Gasteiger partial charge in [0.15, 0.2) is 6.61 Å². The molecule has 1 aliphatic carbocycles. The van der Waals surface area contributed by atoms with Crippen molar-refractivity contribution in [3.05, 3.63) is 47.2 Å². The van der Waals surface area contributed by atoms with Gasteiger partial charge in [0.05, 0.1) is 18.5 Å². The van der Waals surface area contributed by atoms with Gasteiger partial charge in [0.25, 0.3) is 5.91 Å². The lowest BCUT2D eigenvalue weighted by Crippen LogP contribution is -2.31. The van der Waals surface area contributed by atoms with Gasteiger partial charge in [0.1, 0.15) is 18.6 Å². The third kappa shape index (κ3) is 6.09. The van der Waals surface area contributed by atoms with Gasteiger partial charge in [0, 0.05) is 16.5 Å². The van der Waals surface area contributed by atoms with Gasteiger partial charge in [-0.2, -0.15) is 13.2 Å². The van der Waals surface area contributed by atoms with E-state index in [2.05, 4.69) is 15.5 Å². The number of pyridine rings is 1. The fourth-order valence-corrected chi connectivity index (χ4v) is 2.87. The van der Waals surface area contributed by atoms with Crippen molar-refractivity contribution in [1.29, 1.82) is 0 Å². The molecule has 0 bridgehead atoms. The van der Waals surface area contributed by atoms with Crippen molar-refractivity contribution < 1.29 is 27.5 Å². The van der Waals surface area contributed by atoms with Gasteiger partial charge in [-0.05, 0) is 36.6 Å². The number of nitrogens with one attached hydrogen (secondary N) is 1. The summed E-state index contributed by atoms with van der Waals surface area (Å²) in [5.74, 6) is -0.288. The summed E-state index contributed by atoms with van der Waals surface area (Å²) >= 11 is 5.89. The first-order valence-corrected chi connectivity index (χ1v) is 9.48. The van der Waals surface area contributed by atoms with Gasteiger partial charge in [-0.1, -0.05) is 28.9 Å². The van der Waals surface area contributed by atoms with Crippen molar-refractivity contribution in [2.75, 3.05) is 20.3 Å². The number of hydrogen-bond donors (Lipinski definition) is 1. The average molecular weight is 442 g/mol. The molecule has 1 saturated carbocycles. The molecule has 0 unspecified atom stereocenters. The van der Waals surface area contributed by atoms with E-state index in [1.165, 1.54) is 13.2 Å². The van der Waals surface area contributed by atoms with Crippen molar-refractivity contribution in [3.63, 3.8) is 0 Å². The van der Waals surface area contributed by atoms with Gasteiger partial charge in [-0.3, -0.25) is 4.79 Å². The van der Waals surface area contributed by atoms with Gasteiger partial charge in [-0.25, -0.2) is 4.98 Å². The number of carbonyl (C=O) groups is 1. The molecule has 1 aromatic carbocycles. The Labute approximate surface area is 176 Å². The van der Waals surface area contributed by atoms with Crippen LogP contribution in [0.2, 0.25) is 5.02 Å². The van der Waals surface area contributed by atoms with Crippen LogP contribution < -0.4 is 10.1 Å². The fraction of sp³-hybridized carbons (Fsp3) is 0.350. The summed E-state index contributed by atoms with van der Waals surface area (Å²) in [5.41, 5.74) is 1.59. The van der Waals surface area contributed by atoms with Crippen LogP contribution >= 0.6 is 11.6 Å². The quantitative estimate of drug-likeness (QED) is 0.484. The molecule has 160 valence electrons. The third-order valence-corrected chi connectivity index (χ3v) is 4.59. The molecule has 2 aromatic rings. The number of benzene rings is 1. The Morgan fingerprint density at radius 1 is 1.30 bits per heavy atom. The molecule has 1 amide bonds. The Morgan fingerprint density at radius 3 is 2.60 bits per heavy atom. The highest BCUT2D eigenvalue weighted by Crippen LogP contribution is 2.32. The predicted octanol–water partition coefficient (Wildman–Crippen LogP) is 4.49. The summed E-state index contributed by atoms with van der Waals surface area (Å²) in [6.45, 7) is -1.28. The Balaban J connectivity index is 1.82. The zero-order valence-corrected chi connectivity index (χ0v) is 16.8. The number of amides is 1. The number of nitrogens with zero attached hydrogens (tertiary/aromatic N) is 2. The van der Waals surface area contributed by atoms with Gasteiger partial charge in [-0.15, -0.1) is 0 Å². The number of halogens is 4. The van der Waals surface area contributed by atoms with Crippen LogP contribution in [0.25, 0.3) is 11.1 Å². The van der Waals surface area contributed by atoms with Crippen LogP contribution in [-0.2, 0) is 4.84 Å². The normalized spacial score (nSPS) is 14.4. The molecule has 1 N–H and O–H groups in total. The van der Waals surface area contributed by atoms with Crippen LogP contribution in [0.5, 0.6) is 5.75 Å². The SMILES string of the molecule is CO/N=C(/CNC(=O)c1cc(-c2ccc(Cl)cc2)c(OCC(F)(F)F)cn1)C1CC1. The molecule has 0 radical (unpaired) electrons. The number of ether oxygens (including phenoxy) is 1. The molecule has 1 heterocycles. The lowest BCUT2D eigenvalue weighted by atomic mass is 10.0. The molecule has 6 nitrogen and oxygen atoms in total. The lowest BCUT2D eigenvalue weighted by molar-refractivity contribution is -0.153. The number of oxime groups is 1.